The fourth-order valence-corrected chi connectivity index (χ4v) is 20.4. The molecule has 27 heavy (non-hydrogen) atoms. The Hall–Kier alpha value is -0.501. The summed E-state index contributed by atoms with van der Waals surface area (Å²) in [7, 11) is 0. The average Bonchev–Trinajstić information content (AvgIpc) is 2.71. The van der Waals surface area contributed by atoms with Gasteiger partial charge in [-0.3, -0.25) is 0 Å². The van der Waals surface area contributed by atoms with Crippen LogP contribution in [0.15, 0.2) is 46.1 Å². The van der Waals surface area contributed by atoms with Crippen LogP contribution < -0.4 is 0 Å². The average molecular weight is 475 g/mol. The molecule has 1 rings (SSSR count). The second-order valence-corrected chi connectivity index (χ2v) is 21.4. The molecule has 0 aromatic heterocycles. The van der Waals surface area contributed by atoms with Gasteiger partial charge in [-0.1, -0.05) is 0 Å². The van der Waals surface area contributed by atoms with Crippen molar-refractivity contribution in [2.45, 2.75) is 98.8 Å². The molecule has 0 heterocycles. The minimum atomic E-state index is -2.34. The molecule has 1 aromatic carbocycles. The predicted molar refractivity (Wildman–Crippen MR) is 128 cm³/mol. The Morgan fingerprint density at radius 1 is 0.741 bits per heavy atom. The van der Waals surface area contributed by atoms with Crippen molar-refractivity contribution in [3.8, 4) is 0 Å². The minimum absolute atomic E-state index is 1.27. The number of unbranched alkanes of at least 4 members (excludes halogenated alkanes) is 5. The van der Waals surface area contributed by atoms with Gasteiger partial charge in [0.1, 0.15) is 0 Å². The third-order valence-corrected chi connectivity index (χ3v) is 21.6. The summed E-state index contributed by atoms with van der Waals surface area (Å²) in [4.78, 5) is 0. The Morgan fingerprint density at radius 3 is 1.74 bits per heavy atom. The molecular formula is C26H44Sn. The van der Waals surface area contributed by atoms with Crippen molar-refractivity contribution in [3.05, 3.63) is 51.6 Å². The van der Waals surface area contributed by atoms with Crippen LogP contribution in [-0.4, -0.2) is 18.4 Å². The standard InChI is InChI=1S/C14H17.3C4H9.Sn/c1-2-3-4-5-6-8-11-14-12-9-7-10-13-14;3*1-3-4-2;/h5,7-13H,2-4H2,1H3;3*1,3-4H2,2H3;/b6-5?,11-8+;;;;. The molecule has 0 nitrogen and oxygen atoms in total. The Labute approximate surface area is 174 Å². The van der Waals surface area contributed by atoms with E-state index in [0.29, 0.717) is 0 Å². The first-order valence-corrected chi connectivity index (χ1v) is 19.1. The van der Waals surface area contributed by atoms with Crippen LogP contribution in [0.1, 0.15) is 91.0 Å². The molecule has 0 atom stereocenters. The van der Waals surface area contributed by atoms with Crippen molar-refractivity contribution >= 4 is 24.5 Å². The monoisotopic (exact) mass is 476 g/mol. The van der Waals surface area contributed by atoms with Gasteiger partial charge < -0.3 is 0 Å². The molecule has 0 spiro atoms. The van der Waals surface area contributed by atoms with E-state index >= 15 is 0 Å². The second-order valence-electron chi connectivity index (χ2n) is 8.14. The zero-order valence-corrected chi connectivity index (χ0v) is 21.5. The van der Waals surface area contributed by atoms with Gasteiger partial charge in [0.25, 0.3) is 0 Å². The van der Waals surface area contributed by atoms with Crippen LogP contribution in [0, 0.1) is 0 Å². The SMILES string of the molecule is CCCC/C=[C](/C=C/c1ccccc1)[Sn]([CH2]CCC)([CH2]CCC)[CH2]CCC. The summed E-state index contributed by atoms with van der Waals surface area (Å²) in [5, 5.41) is 0. The van der Waals surface area contributed by atoms with Crippen LogP contribution in [-0.2, 0) is 0 Å². The number of hydrogen-bond acceptors (Lipinski definition) is 0. The molecule has 0 N–H and O–H groups in total. The first-order valence-electron chi connectivity index (χ1n) is 11.7. The summed E-state index contributed by atoms with van der Waals surface area (Å²) < 4.78 is 6.50. The number of benzene rings is 1. The molecule has 0 radical (unpaired) electrons. The van der Waals surface area contributed by atoms with Crippen molar-refractivity contribution in [2.75, 3.05) is 0 Å². The Balaban J connectivity index is 3.22. The fraction of sp³-hybridized carbons (Fsp3) is 0.615. The van der Waals surface area contributed by atoms with Gasteiger partial charge in [0.05, 0.1) is 0 Å². The van der Waals surface area contributed by atoms with E-state index in [1.807, 2.05) is 3.59 Å². The van der Waals surface area contributed by atoms with Crippen LogP contribution in [0.5, 0.6) is 0 Å². The summed E-state index contributed by atoms with van der Waals surface area (Å²) in [6.45, 7) is 9.43. The Bertz CT molecular complexity index is 505. The molecule has 0 saturated carbocycles. The van der Waals surface area contributed by atoms with Gasteiger partial charge in [0, 0.05) is 0 Å². The van der Waals surface area contributed by atoms with Gasteiger partial charge in [-0.15, -0.1) is 0 Å². The first kappa shape index (κ1) is 24.5. The molecular weight excluding hydrogens is 431 g/mol. The molecule has 0 saturated heterocycles. The van der Waals surface area contributed by atoms with Crippen molar-refractivity contribution in [2.24, 2.45) is 0 Å². The summed E-state index contributed by atoms with van der Waals surface area (Å²) in [6, 6.07) is 10.9. The molecule has 0 aliphatic rings. The maximum absolute atomic E-state index is 2.68. The molecule has 1 heteroatoms. The van der Waals surface area contributed by atoms with Crippen LogP contribution in [0.3, 0.4) is 0 Å². The third kappa shape index (κ3) is 9.50. The van der Waals surface area contributed by atoms with Crippen LogP contribution in [0.25, 0.3) is 6.08 Å². The molecule has 0 fully saturated rings. The Kier molecular flexibility index (Phi) is 14.0. The molecule has 0 unspecified atom stereocenters. The van der Waals surface area contributed by atoms with E-state index < -0.39 is 18.4 Å². The van der Waals surface area contributed by atoms with Crippen LogP contribution in [0.4, 0.5) is 0 Å². The predicted octanol–water partition coefficient (Wildman–Crippen LogP) is 9.20. The van der Waals surface area contributed by atoms with E-state index in [-0.39, 0.29) is 0 Å². The number of allylic oxidation sites excluding steroid dienone is 3. The van der Waals surface area contributed by atoms with Gasteiger partial charge in [0.15, 0.2) is 0 Å². The third-order valence-electron chi connectivity index (χ3n) is 5.82. The van der Waals surface area contributed by atoms with Crippen LogP contribution >= 0.6 is 0 Å². The van der Waals surface area contributed by atoms with Crippen molar-refractivity contribution < 1.29 is 0 Å². The summed E-state index contributed by atoms with van der Waals surface area (Å²) in [5.74, 6) is 0. The van der Waals surface area contributed by atoms with Crippen LogP contribution in [0.2, 0.25) is 13.3 Å². The van der Waals surface area contributed by atoms with Crippen molar-refractivity contribution in [1.82, 2.24) is 0 Å². The zero-order chi connectivity index (χ0) is 19.8. The molecule has 152 valence electrons. The number of hydrogen-bond donors (Lipinski definition) is 0. The van der Waals surface area contributed by atoms with E-state index in [9.17, 15) is 0 Å². The zero-order valence-electron chi connectivity index (χ0n) is 18.6. The van der Waals surface area contributed by atoms with Crippen molar-refractivity contribution in [1.29, 1.82) is 0 Å². The quantitative estimate of drug-likeness (QED) is 0.135. The van der Waals surface area contributed by atoms with E-state index in [1.165, 1.54) is 63.4 Å². The van der Waals surface area contributed by atoms with E-state index in [2.05, 4.69) is 76.3 Å². The second kappa shape index (κ2) is 15.4. The van der Waals surface area contributed by atoms with E-state index in [0.717, 1.165) is 0 Å². The van der Waals surface area contributed by atoms with Gasteiger partial charge in [0.2, 0.25) is 0 Å². The summed E-state index contributed by atoms with van der Waals surface area (Å²) >= 11 is -2.34. The first-order chi connectivity index (χ1) is 13.2. The molecule has 0 aliphatic carbocycles. The summed E-state index contributed by atoms with van der Waals surface area (Å²) in [5.41, 5.74) is 1.35. The van der Waals surface area contributed by atoms with Gasteiger partial charge in [-0.25, -0.2) is 0 Å². The van der Waals surface area contributed by atoms with Gasteiger partial charge in [-0.05, 0) is 0 Å². The molecule has 0 amide bonds. The van der Waals surface area contributed by atoms with E-state index in [4.69, 9.17) is 0 Å². The Morgan fingerprint density at radius 2 is 1.26 bits per heavy atom. The molecule has 1 aromatic rings. The van der Waals surface area contributed by atoms with Gasteiger partial charge in [-0.2, -0.15) is 0 Å². The maximum atomic E-state index is 2.68. The normalized spacial score (nSPS) is 12.8. The number of rotatable bonds is 15. The fourth-order valence-electron chi connectivity index (χ4n) is 4.03. The van der Waals surface area contributed by atoms with Gasteiger partial charge >= 0.3 is 175 Å². The van der Waals surface area contributed by atoms with Crippen molar-refractivity contribution in [3.63, 3.8) is 0 Å². The van der Waals surface area contributed by atoms with E-state index in [1.54, 1.807) is 13.3 Å². The summed E-state index contributed by atoms with van der Waals surface area (Å²) in [6.07, 6.45) is 19.9. The molecule has 0 bridgehead atoms. The molecule has 0 aliphatic heterocycles. The topological polar surface area (TPSA) is 0 Å².